The fourth-order valence-corrected chi connectivity index (χ4v) is 2.36. The molecule has 0 bridgehead atoms. The molecular weight excluding hydrogens is 240 g/mol. The van der Waals surface area contributed by atoms with Crippen molar-refractivity contribution in [2.24, 2.45) is 0 Å². The summed E-state index contributed by atoms with van der Waals surface area (Å²) >= 11 is 0. The Kier molecular flexibility index (Phi) is 5.19. The van der Waals surface area contributed by atoms with Gasteiger partial charge in [-0.05, 0) is 31.4 Å². The standard InChI is InChI=1S/C15H22N2O2/c1-2-3-6-15(18)17-11-4-5-14(12-17)19-13-7-9-16-10-8-13/h7-10,14H,2-6,11-12H2,1H3/t14-/m0/s1. The molecule has 1 saturated heterocycles. The van der Waals surface area contributed by atoms with Crippen molar-refractivity contribution in [3.05, 3.63) is 24.5 Å². The Labute approximate surface area is 114 Å². The first-order valence-corrected chi connectivity index (χ1v) is 7.14. The first-order chi connectivity index (χ1) is 9.29. The number of hydrogen-bond donors (Lipinski definition) is 0. The molecule has 0 radical (unpaired) electrons. The Hall–Kier alpha value is -1.58. The number of pyridine rings is 1. The fraction of sp³-hybridized carbons (Fsp3) is 0.600. The predicted octanol–water partition coefficient (Wildman–Crippen LogP) is 2.64. The van der Waals surface area contributed by atoms with Crippen molar-refractivity contribution < 1.29 is 9.53 Å². The number of nitrogens with zero attached hydrogens (tertiary/aromatic N) is 2. The van der Waals surface area contributed by atoms with Crippen LogP contribution >= 0.6 is 0 Å². The van der Waals surface area contributed by atoms with Gasteiger partial charge in [-0.25, -0.2) is 0 Å². The van der Waals surface area contributed by atoms with E-state index in [2.05, 4.69) is 11.9 Å². The second-order valence-electron chi connectivity index (χ2n) is 5.01. The van der Waals surface area contributed by atoms with Crippen LogP contribution in [0.2, 0.25) is 0 Å². The van der Waals surface area contributed by atoms with Crippen molar-refractivity contribution in [2.45, 2.75) is 45.1 Å². The predicted molar refractivity (Wildman–Crippen MR) is 74.0 cm³/mol. The van der Waals surface area contributed by atoms with E-state index < -0.39 is 0 Å². The maximum absolute atomic E-state index is 12.0. The lowest BCUT2D eigenvalue weighted by atomic mass is 10.1. The van der Waals surface area contributed by atoms with E-state index in [1.54, 1.807) is 12.4 Å². The molecule has 0 unspecified atom stereocenters. The molecule has 1 atom stereocenters. The highest BCUT2D eigenvalue weighted by atomic mass is 16.5. The number of ether oxygens (including phenoxy) is 1. The Morgan fingerprint density at radius 2 is 2.26 bits per heavy atom. The van der Waals surface area contributed by atoms with E-state index in [0.717, 1.165) is 38.0 Å². The summed E-state index contributed by atoms with van der Waals surface area (Å²) in [5.41, 5.74) is 0. The van der Waals surface area contributed by atoms with Gasteiger partial charge in [-0.3, -0.25) is 9.78 Å². The summed E-state index contributed by atoms with van der Waals surface area (Å²) in [5.74, 6) is 1.10. The normalized spacial score (nSPS) is 19.2. The first-order valence-electron chi connectivity index (χ1n) is 7.14. The zero-order valence-corrected chi connectivity index (χ0v) is 11.5. The number of carbonyl (C=O) groups is 1. The number of unbranched alkanes of at least 4 members (excludes halogenated alkanes) is 1. The smallest absolute Gasteiger partial charge is 0.222 e. The summed E-state index contributed by atoms with van der Waals surface area (Å²) in [6.07, 6.45) is 8.31. The number of likely N-dealkylation sites (tertiary alicyclic amines) is 1. The van der Waals surface area contributed by atoms with Crippen molar-refractivity contribution >= 4 is 5.91 Å². The topological polar surface area (TPSA) is 42.4 Å². The van der Waals surface area contributed by atoms with Gasteiger partial charge in [-0.2, -0.15) is 0 Å². The molecule has 0 aliphatic carbocycles. The molecule has 0 spiro atoms. The molecule has 1 fully saturated rings. The lowest BCUT2D eigenvalue weighted by Gasteiger charge is -2.33. The molecule has 1 aromatic heterocycles. The van der Waals surface area contributed by atoms with Crippen LogP contribution < -0.4 is 4.74 Å². The Balaban J connectivity index is 1.85. The van der Waals surface area contributed by atoms with Crippen molar-refractivity contribution in [3.63, 3.8) is 0 Å². The average Bonchev–Trinajstić information content (AvgIpc) is 2.46. The van der Waals surface area contributed by atoms with Crippen LogP contribution in [0.5, 0.6) is 5.75 Å². The first kappa shape index (κ1) is 13.8. The Morgan fingerprint density at radius 3 is 3.00 bits per heavy atom. The van der Waals surface area contributed by atoms with Crippen LogP contribution in [-0.2, 0) is 4.79 Å². The Bertz CT molecular complexity index is 394. The number of piperidine rings is 1. The minimum atomic E-state index is 0.113. The zero-order valence-electron chi connectivity index (χ0n) is 11.5. The monoisotopic (exact) mass is 262 g/mol. The van der Waals surface area contributed by atoms with E-state index in [4.69, 9.17) is 4.74 Å². The van der Waals surface area contributed by atoms with Crippen LogP contribution in [-0.4, -0.2) is 35.0 Å². The van der Waals surface area contributed by atoms with Crippen LogP contribution in [0.15, 0.2) is 24.5 Å². The molecule has 4 heteroatoms. The van der Waals surface area contributed by atoms with Crippen LogP contribution in [0.3, 0.4) is 0 Å². The molecule has 19 heavy (non-hydrogen) atoms. The number of aromatic nitrogens is 1. The van der Waals surface area contributed by atoms with Gasteiger partial charge in [0, 0.05) is 25.4 Å². The van der Waals surface area contributed by atoms with E-state index in [1.807, 2.05) is 17.0 Å². The van der Waals surface area contributed by atoms with Crippen LogP contribution in [0, 0.1) is 0 Å². The SMILES string of the molecule is CCCCC(=O)N1CCC[C@H](Oc2ccncc2)C1. The molecule has 0 saturated carbocycles. The second-order valence-corrected chi connectivity index (χ2v) is 5.01. The summed E-state index contributed by atoms with van der Waals surface area (Å²) in [6.45, 7) is 3.70. The van der Waals surface area contributed by atoms with E-state index in [-0.39, 0.29) is 12.0 Å². The number of rotatable bonds is 5. The van der Waals surface area contributed by atoms with Gasteiger partial charge in [0.05, 0.1) is 6.54 Å². The molecule has 1 aromatic rings. The van der Waals surface area contributed by atoms with E-state index in [0.29, 0.717) is 13.0 Å². The van der Waals surface area contributed by atoms with Crippen LogP contribution in [0.25, 0.3) is 0 Å². The third-order valence-electron chi connectivity index (χ3n) is 3.43. The minimum Gasteiger partial charge on any atom is -0.488 e. The molecule has 2 rings (SSSR count). The van der Waals surface area contributed by atoms with Gasteiger partial charge in [0.25, 0.3) is 0 Å². The minimum absolute atomic E-state index is 0.113. The summed E-state index contributed by atoms with van der Waals surface area (Å²) in [6, 6.07) is 3.72. The van der Waals surface area contributed by atoms with Crippen LogP contribution in [0.4, 0.5) is 0 Å². The zero-order chi connectivity index (χ0) is 13.5. The van der Waals surface area contributed by atoms with Gasteiger partial charge in [0.1, 0.15) is 11.9 Å². The largest absolute Gasteiger partial charge is 0.488 e. The number of carbonyl (C=O) groups excluding carboxylic acids is 1. The highest BCUT2D eigenvalue weighted by Gasteiger charge is 2.24. The molecule has 1 aliphatic heterocycles. The van der Waals surface area contributed by atoms with Crippen LogP contribution in [0.1, 0.15) is 39.0 Å². The molecule has 1 aliphatic rings. The quantitative estimate of drug-likeness (QED) is 0.819. The summed E-state index contributed by atoms with van der Waals surface area (Å²) in [4.78, 5) is 17.9. The maximum atomic E-state index is 12.0. The van der Waals surface area contributed by atoms with Crippen molar-refractivity contribution in [2.75, 3.05) is 13.1 Å². The highest BCUT2D eigenvalue weighted by molar-refractivity contribution is 5.76. The highest BCUT2D eigenvalue weighted by Crippen LogP contribution is 2.18. The number of amides is 1. The van der Waals surface area contributed by atoms with Gasteiger partial charge in [0.2, 0.25) is 5.91 Å². The second kappa shape index (κ2) is 7.12. The molecule has 1 amide bonds. The van der Waals surface area contributed by atoms with E-state index in [9.17, 15) is 4.79 Å². The van der Waals surface area contributed by atoms with E-state index >= 15 is 0 Å². The van der Waals surface area contributed by atoms with Gasteiger partial charge in [0.15, 0.2) is 0 Å². The molecule has 4 nitrogen and oxygen atoms in total. The van der Waals surface area contributed by atoms with Crippen molar-refractivity contribution in [3.8, 4) is 5.75 Å². The Morgan fingerprint density at radius 1 is 1.47 bits per heavy atom. The van der Waals surface area contributed by atoms with Gasteiger partial charge < -0.3 is 9.64 Å². The summed E-state index contributed by atoms with van der Waals surface area (Å²) < 4.78 is 5.91. The van der Waals surface area contributed by atoms with Crippen molar-refractivity contribution in [1.82, 2.24) is 9.88 Å². The maximum Gasteiger partial charge on any atom is 0.222 e. The van der Waals surface area contributed by atoms with E-state index in [1.165, 1.54) is 0 Å². The number of hydrogen-bond acceptors (Lipinski definition) is 3. The van der Waals surface area contributed by atoms with Gasteiger partial charge >= 0.3 is 0 Å². The fourth-order valence-electron chi connectivity index (χ4n) is 2.36. The average molecular weight is 262 g/mol. The van der Waals surface area contributed by atoms with Gasteiger partial charge in [-0.1, -0.05) is 13.3 Å². The lowest BCUT2D eigenvalue weighted by molar-refractivity contribution is -0.133. The van der Waals surface area contributed by atoms with Crippen molar-refractivity contribution in [1.29, 1.82) is 0 Å². The molecule has 0 aromatic carbocycles. The summed E-state index contributed by atoms with van der Waals surface area (Å²) in [7, 11) is 0. The molecule has 104 valence electrons. The molecule has 2 heterocycles. The lowest BCUT2D eigenvalue weighted by Crippen LogP contribution is -2.44. The van der Waals surface area contributed by atoms with Gasteiger partial charge in [-0.15, -0.1) is 0 Å². The molecular formula is C15H22N2O2. The molecule has 0 N–H and O–H groups in total. The summed E-state index contributed by atoms with van der Waals surface area (Å²) in [5, 5.41) is 0. The third kappa shape index (κ3) is 4.23. The third-order valence-corrected chi connectivity index (χ3v) is 3.43.